The lowest BCUT2D eigenvalue weighted by Gasteiger charge is -2.15. The fourth-order valence-electron chi connectivity index (χ4n) is 2.87. The third kappa shape index (κ3) is 5.28. The minimum atomic E-state index is -0.627. The van der Waals surface area contributed by atoms with Crippen LogP contribution in [0, 0.1) is 0 Å². The number of hydrogen-bond acceptors (Lipinski definition) is 6. The van der Waals surface area contributed by atoms with Crippen molar-refractivity contribution in [2.24, 2.45) is 0 Å². The Morgan fingerprint density at radius 1 is 1.13 bits per heavy atom. The van der Waals surface area contributed by atoms with E-state index in [1.54, 1.807) is 19.1 Å². The highest BCUT2D eigenvalue weighted by Gasteiger charge is 2.40. The lowest BCUT2D eigenvalue weighted by atomic mass is 10.2. The number of thioether (sulfide) groups is 1. The van der Waals surface area contributed by atoms with E-state index < -0.39 is 11.2 Å². The van der Waals surface area contributed by atoms with E-state index in [2.05, 4.69) is 21.2 Å². The monoisotopic (exact) mass is 490 g/mol. The van der Waals surface area contributed by atoms with E-state index >= 15 is 0 Å². The highest BCUT2D eigenvalue weighted by Crippen LogP contribution is 2.30. The maximum atomic E-state index is 12.7. The molecule has 1 N–H and O–H groups in total. The van der Waals surface area contributed by atoms with Gasteiger partial charge in [-0.05, 0) is 55.5 Å². The highest BCUT2D eigenvalue weighted by molar-refractivity contribution is 9.10. The van der Waals surface area contributed by atoms with Gasteiger partial charge in [-0.1, -0.05) is 15.9 Å². The first-order valence-electron chi connectivity index (χ1n) is 9.20. The minimum absolute atomic E-state index is 0.0225. The van der Waals surface area contributed by atoms with Gasteiger partial charge < -0.3 is 10.1 Å². The molecule has 1 atom stereocenters. The molecule has 1 aliphatic heterocycles. The van der Waals surface area contributed by atoms with Crippen molar-refractivity contribution in [1.29, 1.82) is 0 Å². The number of halogens is 1. The molecule has 3 rings (SSSR count). The topological polar surface area (TPSA) is 92.8 Å². The first-order valence-corrected chi connectivity index (χ1v) is 11.0. The molecule has 1 heterocycles. The number of ether oxygens (including phenoxy) is 1. The van der Waals surface area contributed by atoms with Crippen LogP contribution in [0.4, 0.5) is 11.4 Å². The van der Waals surface area contributed by atoms with Gasteiger partial charge in [-0.2, -0.15) is 0 Å². The summed E-state index contributed by atoms with van der Waals surface area (Å²) >= 11 is 4.46. The SMILES string of the molecule is CCOC(=O)c1ccc(N2C(=O)CC(SCC(=O)Nc3ccc(Br)cc3)C2=O)cc1. The van der Waals surface area contributed by atoms with Crippen LogP contribution < -0.4 is 10.2 Å². The number of anilines is 2. The lowest BCUT2D eigenvalue weighted by Crippen LogP contribution is -2.31. The summed E-state index contributed by atoms with van der Waals surface area (Å²) < 4.78 is 5.83. The smallest absolute Gasteiger partial charge is 0.338 e. The summed E-state index contributed by atoms with van der Waals surface area (Å²) in [4.78, 5) is 50.1. The number of nitrogens with zero attached hydrogens (tertiary/aromatic N) is 1. The molecule has 0 bridgehead atoms. The van der Waals surface area contributed by atoms with E-state index in [1.165, 1.54) is 24.3 Å². The maximum Gasteiger partial charge on any atom is 0.338 e. The van der Waals surface area contributed by atoms with Gasteiger partial charge in [0.15, 0.2) is 0 Å². The van der Waals surface area contributed by atoms with Crippen LogP contribution in [-0.2, 0) is 19.1 Å². The largest absolute Gasteiger partial charge is 0.462 e. The molecule has 1 fully saturated rings. The standard InChI is InChI=1S/C21H19BrN2O5S/c1-2-29-21(28)13-3-9-16(10-4-13)24-19(26)11-17(20(24)27)30-12-18(25)23-15-7-5-14(22)6-8-15/h3-10,17H,2,11-12H2,1H3,(H,23,25). The molecule has 3 amide bonds. The Morgan fingerprint density at radius 3 is 2.43 bits per heavy atom. The van der Waals surface area contributed by atoms with Crippen LogP contribution in [0.2, 0.25) is 0 Å². The molecule has 0 radical (unpaired) electrons. The van der Waals surface area contributed by atoms with Gasteiger partial charge in [0.1, 0.15) is 0 Å². The summed E-state index contributed by atoms with van der Waals surface area (Å²) in [6.45, 7) is 1.97. The Bertz CT molecular complexity index is 962. The van der Waals surface area contributed by atoms with Gasteiger partial charge in [0.05, 0.1) is 28.9 Å². The van der Waals surface area contributed by atoms with E-state index in [1.807, 2.05) is 12.1 Å². The van der Waals surface area contributed by atoms with Gasteiger partial charge >= 0.3 is 5.97 Å². The summed E-state index contributed by atoms with van der Waals surface area (Å²) in [5.41, 5.74) is 1.39. The average molecular weight is 491 g/mol. The van der Waals surface area contributed by atoms with Crippen molar-refractivity contribution in [3.05, 3.63) is 58.6 Å². The number of imide groups is 1. The Morgan fingerprint density at radius 2 is 1.80 bits per heavy atom. The summed E-state index contributed by atoms with van der Waals surface area (Å²) in [5, 5.41) is 2.13. The van der Waals surface area contributed by atoms with Gasteiger partial charge in [-0.25, -0.2) is 9.69 Å². The van der Waals surface area contributed by atoms with Crippen LogP contribution in [0.1, 0.15) is 23.7 Å². The number of carbonyl (C=O) groups excluding carboxylic acids is 4. The molecule has 1 unspecified atom stereocenters. The Kier molecular flexibility index (Phi) is 7.28. The summed E-state index contributed by atoms with van der Waals surface area (Å²) in [6.07, 6.45) is 0.0225. The lowest BCUT2D eigenvalue weighted by molar-refractivity contribution is -0.121. The van der Waals surface area contributed by atoms with Crippen LogP contribution >= 0.6 is 27.7 Å². The van der Waals surface area contributed by atoms with Crippen molar-refractivity contribution in [3.63, 3.8) is 0 Å². The number of esters is 1. The zero-order valence-electron chi connectivity index (χ0n) is 16.1. The van der Waals surface area contributed by atoms with Crippen LogP contribution in [0.25, 0.3) is 0 Å². The second-order valence-corrected chi connectivity index (χ2v) is 8.50. The zero-order chi connectivity index (χ0) is 21.7. The number of benzene rings is 2. The molecule has 156 valence electrons. The van der Waals surface area contributed by atoms with Gasteiger partial charge in [-0.15, -0.1) is 11.8 Å². The van der Waals surface area contributed by atoms with Gasteiger partial charge in [0.2, 0.25) is 17.7 Å². The highest BCUT2D eigenvalue weighted by atomic mass is 79.9. The fourth-order valence-corrected chi connectivity index (χ4v) is 4.07. The Labute approximate surface area is 186 Å². The molecular formula is C21H19BrN2O5S. The molecule has 0 saturated carbocycles. The van der Waals surface area contributed by atoms with E-state index in [0.29, 0.717) is 16.9 Å². The number of carbonyl (C=O) groups is 4. The molecule has 2 aromatic carbocycles. The second-order valence-electron chi connectivity index (χ2n) is 6.39. The Hall–Kier alpha value is -2.65. The number of amides is 3. The summed E-state index contributed by atoms with van der Waals surface area (Å²) in [5.74, 6) is -1.37. The fraction of sp³-hybridized carbons (Fsp3) is 0.238. The van der Waals surface area contributed by atoms with E-state index in [9.17, 15) is 19.2 Å². The summed E-state index contributed by atoms with van der Waals surface area (Å²) in [6, 6.07) is 13.3. The first-order chi connectivity index (χ1) is 14.4. The third-order valence-corrected chi connectivity index (χ3v) is 6.01. The van der Waals surface area contributed by atoms with Crippen LogP contribution in [0.3, 0.4) is 0 Å². The van der Waals surface area contributed by atoms with Gasteiger partial charge in [0.25, 0.3) is 0 Å². The number of hydrogen-bond donors (Lipinski definition) is 1. The predicted molar refractivity (Wildman–Crippen MR) is 119 cm³/mol. The van der Waals surface area contributed by atoms with Crippen LogP contribution in [-0.4, -0.2) is 41.3 Å². The molecule has 1 saturated heterocycles. The molecule has 0 aromatic heterocycles. The minimum Gasteiger partial charge on any atom is -0.462 e. The molecule has 1 aliphatic rings. The Balaban J connectivity index is 1.58. The van der Waals surface area contributed by atoms with E-state index in [-0.39, 0.29) is 36.5 Å². The van der Waals surface area contributed by atoms with Crippen molar-refractivity contribution >= 4 is 62.8 Å². The van der Waals surface area contributed by atoms with E-state index in [0.717, 1.165) is 21.1 Å². The van der Waals surface area contributed by atoms with Crippen LogP contribution in [0.15, 0.2) is 53.0 Å². The number of nitrogens with one attached hydrogen (secondary N) is 1. The van der Waals surface area contributed by atoms with Gasteiger partial charge in [-0.3, -0.25) is 14.4 Å². The molecule has 0 spiro atoms. The summed E-state index contributed by atoms with van der Waals surface area (Å²) in [7, 11) is 0. The number of rotatable bonds is 7. The van der Waals surface area contributed by atoms with E-state index in [4.69, 9.17) is 4.74 Å². The van der Waals surface area contributed by atoms with Crippen LogP contribution in [0.5, 0.6) is 0 Å². The quantitative estimate of drug-likeness (QED) is 0.470. The normalized spacial score (nSPS) is 15.9. The predicted octanol–water partition coefficient (Wildman–Crippen LogP) is 3.63. The van der Waals surface area contributed by atoms with Crippen molar-refractivity contribution in [2.45, 2.75) is 18.6 Å². The third-order valence-electron chi connectivity index (χ3n) is 4.29. The van der Waals surface area contributed by atoms with Gasteiger partial charge in [0, 0.05) is 16.6 Å². The maximum absolute atomic E-state index is 12.7. The van der Waals surface area contributed by atoms with Crippen molar-refractivity contribution in [3.8, 4) is 0 Å². The zero-order valence-corrected chi connectivity index (χ0v) is 18.5. The molecule has 0 aliphatic carbocycles. The second kappa shape index (κ2) is 9.90. The first kappa shape index (κ1) is 22.0. The molecule has 2 aromatic rings. The van der Waals surface area contributed by atoms with Crippen molar-refractivity contribution < 1.29 is 23.9 Å². The molecular weight excluding hydrogens is 472 g/mol. The molecule has 9 heteroatoms. The van der Waals surface area contributed by atoms with Crippen molar-refractivity contribution in [1.82, 2.24) is 0 Å². The van der Waals surface area contributed by atoms with Crippen molar-refractivity contribution in [2.75, 3.05) is 22.6 Å². The molecule has 7 nitrogen and oxygen atoms in total. The molecule has 30 heavy (non-hydrogen) atoms. The average Bonchev–Trinajstić information content (AvgIpc) is 3.01.